The van der Waals surface area contributed by atoms with E-state index in [1.807, 2.05) is 18.2 Å². The summed E-state index contributed by atoms with van der Waals surface area (Å²) in [5, 5.41) is 2.75. The highest BCUT2D eigenvalue weighted by molar-refractivity contribution is 5.90. The molecule has 0 spiro atoms. The highest BCUT2D eigenvalue weighted by Gasteiger charge is 2.06. The molecule has 5 nitrogen and oxygen atoms in total. The van der Waals surface area contributed by atoms with Crippen molar-refractivity contribution >= 4 is 36.4 Å². The zero-order valence-corrected chi connectivity index (χ0v) is 15.3. The van der Waals surface area contributed by atoms with E-state index in [-0.39, 0.29) is 43.2 Å². The van der Waals surface area contributed by atoms with Crippen LogP contribution in [0, 0.1) is 0 Å². The fourth-order valence-corrected chi connectivity index (χ4v) is 1.97. The largest absolute Gasteiger partial charge is 0.439 e. The molecule has 0 saturated carbocycles. The topological polar surface area (TPSA) is 77.2 Å². The summed E-state index contributed by atoms with van der Waals surface area (Å²) in [5.41, 5.74) is 7.42. The second-order valence-electron chi connectivity index (χ2n) is 5.22. The number of nitrogens with zero attached hydrogens (tertiary/aromatic N) is 1. The molecule has 1 heterocycles. The summed E-state index contributed by atoms with van der Waals surface area (Å²) >= 11 is 0. The molecule has 1 atom stereocenters. The monoisotopic (exact) mass is 371 g/mol. The molecule has 0 radical (unpaired) electrons. The van der Waals surface area contributed by atoms with E-state index in [1.165, 1.54) is 5.56 Å². The number of amides is 1. The van der Waals surface area contributed by atoms with E-state index in [9.17, 15) is 4.79 Å². The van der Waals surface area contributed by atoms with Crippen LogP contribution in [0.3, 0.4) is 0 Å². The predicted octanol–water partition coefficient (Wildman–Crippen LogP) is 3.96. The number of hydrogen-bond donors (Lipinski definition) is 2. The van der Waals surface area contributed by atoms with Gasteiger partial charge < -0.3 is 15.8 Å². The molecule has 0 aliphatic rings. The van der Waals surface area contributed by atoms with E-state index in [1.54, 1.807) is 25.3 Å². The molecule has 0 saturated heterocycles. The van der Waals surface area contributed by atoms with Crippen LogP contribution in [0.2, 0.25) is 0 Å². The smallest absolute Gasteiger partial charge is 0.225 e. The number of ether oxygens (including phenoxy) is 1. The third-order valence-electron chi connectivity index (χ3n) is 3.06. The van der Waals surface area contributed by atoms with Crippen LogP contribution >= 0.6 is 24.8 Å². The van der Waals surface area contributed by atoms with Gasteiger partial charge in [0.15, 0.2) is 0 Å². The minimum atomic E-state index is -0.165. The molecule has 24 heavy (non-hydrogen) atoms. The number of aryl methyl sites for hydroxylation is 1. The van der Waals surface area contributed by atoms with Crippen LogP contribution in [-0.4, -0.2) is 16.9 Å². The molecule has 132 valence electrons. The SMILES string of the molecule is CCc1cccc(Oc2ccc(NC(=O)CC(C)N)cn2)c1.Cl.Cl. The van der Waals surface area contributed by atoms with E-state index < -0.39 is 0 Å². The number of aromatic nitrogens is 1. The van der Waals surface area contributed by atoms with Crippen LogP contribution in [0.5, 0.6) is 11.6 Å². The van der Waals surface area contributed by atoms with Crippen LogP contribution < -0.4 is 15.8 Å². The van der Waals surface area contributed by atoms with Crippen molar-refractivity contribution in [3.63, 3.8) is 0 Å². The number of nitrogens with two attached hydrogens (primary N) is 1. The van der Waals surface area contributed by atoms with Crippen LogP contribution in [0.1, 0.15) is 25.8 Å². The van der Waals surface area contributed by atoms with Crippen LogP contribution in [0.25, 0.3) is 0 Å². The zero-order valence-electron chi connectivity index (χ0n) is 13.7. The van der Waals surface area contributed by atoms with Gasteiger partial charge in [-0.05, 0) is 37.1 Å². The number of benzene rings is 1. The summed E-state index contributed by atoms with van der Waals surface area (Å²) in [6.07, 6.45) is 2.80. The molecule has 2 aromatic rings. The summed E-state index contributed by atoms with van der Waals surface area (Å²) in [6, 6.07) is 11.2. The quantitative estimate of drug-likeness (QED) is 0.805. The third-order valence-corrected chi connectivity index (χ3v) is 3.06. The maximum atomic E-state index is 11.6. The van der Waals surface area contributed by atoms with Crippen LogP contribution in [-0.2, 0) is 11.2 Å². The fourth-order valence-electron chi connectivity index (χ4n) is 1.97. The Morgan fingerprint density at radius 2 is 2.04 bits per heavy atom. The Labute approximate surface area is 154 Å². The molecule has 1 aromatic heterocycles. The Balaban J connectivity index is 0.00000264. The summed E-state index contributed by atoms with van der Waals surface area (Å²) in [6.45, 7) is 3.89. The minimum absolute atomic E-state index is 0. The highest BCUT2D eigenvalue weighted by atomic mass is 35.5. The van der Waals surface area contributed by atoms with Crippen molar-refractivity contribution in [2.45, 2.75) is 32.7 Å². The molecular weight excluding hydrogens is 349 g/mol. The first kappa shape index (κ1) is 22.2. The summed E-state index contributed by atoms with van der Waals surface area (Å²) < 4.78 is 5.70. The lowest BCUT2D eigenvalue weighted by Crippen LogP contribution is -2.23. The molecule has 1 aromatic carbocycles. The molecule has 0 aliphatic heterocycles. The maximum Gasteiger partial charge on any atom is 0.225 e. The van der Waals surface area contributed by atoms with Crippen LogP contribution in [0.15, 0.2) is 42.6 Å². The number of carbonyl (C=O) groups excluding carboxylic acids is 1. The average molecular weight is 372 g/mol. The molecular formula is C17H23Cl2N3O2. The van der Waals surface area contributed by atoms with Crippen LogP contribution in [0.4, 0.5) is 5.69 Å². The number of anilines is 1. The highest BCUT2D eigenvalue weighted by Crippen LogP contribution is 2.21. The molecule has 1 unspecified atom stereocenters. The summed E-state index contributed by atoms with van der Waals surface area (Å²) in [7, 11) is 0. The van der Waals surface area contributed by atoms with E-state index >= 15 is 0 Å². The Hall–Kier alpha value is -1.82. The van der Waals surface area contributed by atoms with E-state index in [0.29, 0.717) is 11.6 Å². The van der Waals surface area contributed by atoms with E-state index in [2.05, 4.69) is 23.3 Å². The van der Waals surface area contributed by atoms with Crippen molar-refractivity contribution < 1.29 is 9.53 Å². The van der Waals surface area contributed by atoms with Gasteiger partial charge in [-0.3, -0.25) is 4.79 Å². The van der Waals surface area contributed by atoms with Crippen molar-refractivity contribution in [2.24, 2.45) is 5.73 Å². The molecule has 0 fully saturated rings. The second kappa shape index (κ2) is 10.9. The number of rotatable bonds is 6. The summed E-state index contributed by atoms with van der Waals surface area (Å²) in [4.78, 5) is 15.8. The minimum Gasteiger partial charge on any atom is -0.439 e. The lowest BCUT2D eigenvalue weighted by molar-refractivity contribution is -0.116. The van der Waals surface area contributed by atoms with Crippen molar-refractivity contribution in [3.05, 3.63) is 48.2 Å². The predicted molar refractivity (Wildman–Crippen MR) is 102 cm³/mol. The normalized spacial score (nSPS) is 10.8. The third kappa shape index (κ3) is 7.17. The molecule has 0 aliphatic carbocycles. The Bertz CT molecular complexity index is 634. The van der Waals surface area contributed by atoms with Gasteiger partial charge in [-0.2, -0.15) is 0 Å². The first-order valence-electron chi connectivity index (χ1n) is 7.35. The first-order chi connectivity index (χ1) is 10.6. The Morgan fingerprint density at radius 3 is 2.62 bits per heavy atom. The van der Waals surface area contributed by atoms with Gasteiger partial charge in [-0.15, -0.1) is 24.8 Å². The molecule has 0 bridgehead atoms. The van der Waals surface area contributed by atoms with Gasteiger partial charge in [0.25, 0.3) is 0 Å². The van der Waals surface area contributed by atoms with E-state index in [4.69, 9.17) is 10.5 Å². The molecule has 7 heteroatoms. The van der Waals surface area contributed by atoms with Crippen molar-refractivity contribution in [2.75, 3.05) is 5.32 Å². The van der Waals surface area contributed by atoms with Crippen molar-refractivity contribution in [3.8, 4) is 11.6 Å². The Morgan fingerprint density at radius 1 is 1.29 bits per heavy atom. The molecule has 3 N–H and O–H groups in total. The fraction of sp³-hybridized carbons (Fsp3) is 0.294. The van der Waals surface area contributed by atoms with Gasteiger partial charge in [0.1, 0.15) is 5.75 Å². The van der Waals surface area contributed by atoms with Gasteiger partial charge in [0.05, 0.1) is 11.9 Å². The maximum absolute atomic E-state index is 11.6. The first-order valence-corrected chi connectivity index (χ1v) is 7.35. The number of carbonyl (C=O) groups is 1. The average Bonchev–Trinajstić information content (AvgIpc) is 2.48. The van der Waals surface area contributed by atoms with Gasteiger partial charge in [0, 0.05) is 18.5 Å². The number of nitrogens with one attached hydrogen (secondary N) is 1. The Kier molecular flexibility index (Phi) is 10.0. The molecule has 1 amide bonds. The van der Waals surface area contributed by atoms with E-state index in [0.717, 1.165) is 12.2 Å². The number of halogens is 2. The lowest BCUT2D eigenvalue weighted by Gasteiger charge is -2.09. The van der Waals surface area contributed by atoms with Gasteiger partial charge >= 0.3 is 0 Å². The van der Waals surface area contributed by atoms with Crippen molar-refractivity contribution in [1.29, 1.82) is 0 Å². The second-order valence-corrected chi connectivity index (χ2v) is 5.22. The summed E-state index contributed by atoms with van der Waals surface area (Å²) in [5.74, 6) is 1.11. The van der Waals surface area contributed by atoms with Gasteiger partial charge in [-0.25, -0.2) is 4.98 Å². The standard InChI is InChI=1S/C17H21N3O2.2ClH/c1-3-13-5-4-6-15(10-13)22-17-8-7-14(11-19-17)20-16(21)9-12(2)18;;/h4-8,10-12H,3,9,18H2,1-2H3,(H,20,21);2*1H. The number of hydrogen-bond acceptors (Lipinski definition) is 4. The molecule has 2 rings (SSSR count). The van der Waals surface area contributed by atoms with Gasteiger partial charge in [-0.1, -0.05) is 19.1 Å². The number of pyridine rings is 1. The zero-order chi connectivity index (χ0) is 15.9. The van der Waals surface area contributed by atoms with Gasteiger partial charge in [0.2, 0.25) is 11.8 Å². The lowest BCUT2D eigenvalue weighted by atomic mass is 10.2. The van der Waals surface area contributed by atoms with Crippen molar-refractivity contribution in [1.82, 2.24) is 4.98 Å².